The van der Waals surface area contributed by atoms with Gasteiger partial charge >= 0.3 is 0 Å². The van der Waals surface area contributed by atoms with Gasteiger partial charge in [-0.25, -0.2) is 0 Å². The summed E-state index contributed by atoms with van der Waals surface area (Å²) in [7, 11) is 1.49. The Morgan fingerprint density at radius 2 is 0.975 bits per heavy atom. The largest absolute Gasteiger partial charge is 0.361 e. The number of carbonyl (C=O) groups excluding carboxylic acids is 7. The number of carbonyl (C=O) groups is 7. The molecule has 0 aliphatic carbocycles. The second-order valence-corrected chi connectivity index (χ2v) is 20.5. The molecular weight excluding hydrogens is 1030 g/mol. The minimum absolute atomic E-state index is 0.0269. The van der Waals surface area contributed by atoms with E-state index >= 15 is 0 Å². The van der Waals surface area contributed by atoms with Crippen molar-refractivity contribution in [3.63, 3.8) is 0 Å². The number of amides is 7. The summed E-state index contributed by atoms with van der Waals surface area (Å²) in [6.07, 6.45) is 12.5. The molecule has 20 heteroatoms. The molecule has 0 fully saturated rings. The van der Waals surface area contributed by atoms with E-state index in [1.54, 1.807) is 18.5 Å². The SMILES string of the molecule is CCCCNCC(=O)N(CC(=O)N(CCc1c[nH]c2ccccc12)CC(=O)N(C)CC(=O)N(CCc1c[nH]c2ccccc12)CC(=O)N(CCC)CC(=O)N(CCc1c[nH]c2ccccc12)CC(=O)NCCS)Cc1cccnc1. The van der Waals surface area contributed by atoms with Gasteiger partial charge in [-0.2, -0.15) is 12.6 Å². The number of nitrogens with one attached hydrogen (secondary N) is 5. The number of rotatable bonds is 32. The van der Waals surface area contributed by atoms with Crippen molar-refractivity contribution in [2.75, 3.05) is 97.9 Å². The van der Waals surface area contributed by atoms with Crippen LogP contribution >= 0.6 is 12.6 Å². The molecule has 7 rings (SSSR count). The van der Waals surface area contributed by atoms with Gasteiger partial charge in [0.25, 0.3) is 0 Å². The molecular formula is C60H76N12O7S. The van der Waals surface area contributed by atoms with Crippen molar-refractivity contribution in [1.29, 1.82) is 0 Å². The first-order chi connectivity index (χ1) is 38.8. The van der Waals surface area contributed by atoms with Gasteiger partial charge in [0, 0.05) is 116 Å². The molecule has 0 aliphatic heterocycles. The van der Waals surface area contributed by atoms with Gasteiger partial charge in [-0.05, 0) is 85.2 Å². The summed E-state index contributed by atoms with van der Waals surface area (Å²) in [5, 5.41) is 8.94. The Balaban J connectivity index is 1.08. The molecule has 3 aromatic carbocycles. The minimum Gasteiger partial charge on any atom is -0.361 e. The highest BCUT2D eigenvalue weighted by molar-refractivity contribution is 7.80. The zero-order chi connectivity index (χ0) is 56.8. The summed E-state index contributed by atoms with van der Waals surface area (Å²) in [5.74, 6) is -2.59. The van der Waals surface area contributed by atoms with Crippen molar-refractivity contribution in [1.82, 2.24) is 60.0 Å². The Morgan fingerprint density at radius 1 is 0.512 bits per heavy atom. The Hall–Kier alpha value is -7.97. The summed E-state index contributed by atoms with van der Waals surface area (Å²) < 4.78 is 0. The van der Waals surface area contributed by atoms with Crippen LogP contribution in [0.4, 0.5) is 0 Å². The second kappa shape index (κ2) is 30.4. The van der Waals surface area contributed by atoms with Gasteiger partial charge in [-0.3, -0.25) is 38.5 Å². The molecule has 4 heterocycles. The zero-order valence-corrected chi connectivity index (χ0v) is 47.1. The van der Waals surface area contributed by atoms with E-state index in [0.717, 1.165) is 67.8 Å². The maximum atomic E-state index is 14.7. The Morgan fingerprint density at radius 3 is 1.45 bits per heavy atom. The third-order valence-corrected chi connectivity index (χ3v) is 14.4. The summed E-state index contributed by atoms with van der Waals surface area (Å²) in [6.45, 7) is 3.68. The van der Waals surface area contributed by atoms with Gasteiger partial charge in [0.1, 0.15) is 6.54 Å². The number of hydrogen-bond acceptors (Lipinski definition) is 10. The van der Waals surface area contributed by atoms with Crippen molar-refractivity contribution in [3.05, 3.63) is 138 Å². The number of aromatic amines is 3. The van der Waals surface area contributed by atoms with E-state index in [9.17, 15) is 33.6 Å². The average molecular weight is 1110 g/mol. The number of pyridine rings is 1. The zero-order valence-electron chi connectivity index (χ0n) is 46.3. The fourth-order valence-corrected chi connectivity index (χ4v) is 9.77. The van der Waals surface area contributed by atoms with Gasteiger partial charge in [-0.15, -0.1) is 0 Å². The van der Waals surface area contributed by atoms with Gasteiger partial charge in [0.05, 0.1) is 39.3 Å². The number of para-hydroxylation sites is 3. The van der Waals surface area contributed by atoms with Crippen LogP contribution in [0.25, 0.3) is 32.7 Å². The molecule has 0 unspecified atom stereocenters. The number of thiol groups is 1. The number of unbranched alkanes of at least 4 members (excludes halogenated alkanes) is 1. The lowest BCUT2D eigenvalue weighted by molar-refractivity contribution is -0.147. The molecule has 424 valence electrons. The molecule has 4 aromatic heterocycles. The third kappa shape index (κ3) is 17.0. The van der Waals surface area contributed by atoms with Crippen LogP contribution in [0.1, 0.15) is 55.4 Å². The predicted octanol–water partition coefficient (Wildman–Crippen LogP) is 5.20. The molecule has 0 bridgehead atoms. The number of aromatic nitrogens is 4. The van der Waals surface area contributed by atoms with Crippen LogP contribution in [0.15, 0.2) is 116 Å². The summed E-state index contributed by atoms with van der Waals surface area (Å²) >= 11 is 4.22. The van der Waals surface area contributed by atoms with E-state index in [2.05, 4.69) is 50.1 Å². The first kappa shape index (κ1) is 59.7. The second-order valence-electron chi connectivity index (χ2n) is 20.1. The number of fused-ring (bicyclic) bond motifs is 3. The van der Waals surface area contributed by atoms with Crippen LogP contribution in [0.2, 0.25) is 0 Å². The van der Waals surface area contributed by atoms with Crippen LogP contribution < -0.4 is 10.6 Å². The third-order valence-electron chi connectivity index (χ3n) is 14.2. The first-order valence-corrected chi connectivity index (χ1v) is 28.2. The smallest absolute Gasteiger partial charge is 0.242 e. The van der Waals surface area contributed by atoms with Crippen molar-refractivity contribution in [2.45, 2.75) is 58.9 Å². The van der Waals surface area contributed by atoms with Crippen LogP contribution in [0.3, 0.4) is 0 Å². The number of benzene rings is 3. The highest BCUT2D eigenvalue weighted by Gasteiger charge is 2.29. The summed E-state index contributed by atoms with van der Waals surface area (Å²) in [5.41, 5.74) is 6.39. The highest BCUT2D eigenvalue weighted by atomic mass is 32.1. The molecule has 5 N–H and O–H groups in total. The van der Waals surface area contributed by atoms with Crippen LogP contribution in [0, 0.1) is 0 Å². The molecule has 7 amide bonds. The van der Waals surface area contributed by atoms with Crippen LogP contribution in [0.5, 0.6) is 0 Å². The van der Waals surface area contributed by atoms with E-state index in [4.69, 9.17) is 0 Å². The first-order valence-electron chi connectivity index (χ1n) is 27.6. The van der Waals surface area contributed by atoms with Gasteiger partial charge in [0.2, 0.25) is 41.4 Å². The number of nitrogens with zero attached hydrogens (tertiary/aromatic N) is 7. The van der Waals surface area contributed by atoms with Gasteiger partial charge < -0.3 is 55.0 Å². The summed E-state index contributed by atoms with van der Waals surface area (Å²) in [4.78, 5) is 122. The number of H-pyrrole nitrogens is 3. The number of likely N-dealkylation sites (N-methyl/N-ethyl adjacent to an activating group) is 1. The lowest BCUT2D eigenvalue weighted by Crippen LogP contribution is -2.52. The Bertz CT molecular complexity index is 3180. The van der Waals surface area contributed by atoms with Gasteiger partial charge in [-0.1, -0.05) is 80.9 Å². The molecule has 0 saturated heterocycles. The lowest BCUT2D eigenvalue weighted by atomic mass is 10.1. The monoisotopic (exact) mass is 1110 g/mol. The fraction of sp³-hybridized carbons (Fsp3) is 0.400. The van der Waals surface area contributed by atoms with Crippen molar-refractivity contribution in [3.8, 4) is 0 Å². The maximum Gasteiger partial charge on any atom is 0.242 e. The molecule has 19 nitrogen and oxygen atoms in total. The Labute approximate surface area is 473 Å². The molecule has 0 radical (unpaired) electrons. The normalized spacial score (nSPS) is 11.2. The molecule has 7 aromatic rings. The topological polar surface area (TPSA) is 223 Å². The van der Waals surface area contributed by atoms with Crippen molar-refractivity contribution >= 4 is 86.7 Å². The van der Waals surface area contributed by atoms with E-state index in [1.165, 1.54) is 36.4 Å². The predicted molar refractivity (Wildman–Crippen MR) is 315 cm³/mol. The molecule has 80 heavy (non-hydrogen) atoms. The molecule has 0 atom stereocenters. The maximum absolute atomic E-state index is 14.7. The van der Waals surface area contributed by atoms with Crippen molar-refractivity contribution in [2.24, 2.45) is 0 Å². The summed E-state index contributed by atoms with van der Waals surface area (Å²) in [6, 6.07) is 27.0. The minimum atomic E-state index is -0.524. The highest BCUT2D eigenvalue weighted by Crippen LogP contribution is 2.22. The van der Waals surface area contributed by atoms with E-state index in [1.807, 2.05) is 104 Å². The van der Waals surface area contributed by atoms with E-state index in [0.29, 0.717) is 44.5 Å². The molecule has 0 spiro atoms. The fourth-order valence-electron chi connectivity index (χ4n) is 9.66. The standard InChI is InChI=1S/C60H76N12O7S/c1-4-6-24-62-36-55(74)72(37-44-14-13-25-61-32-44)43-60(79)70(29-22-46-34-65-52-19-11-8-16-49(46)52)40-56(75)67(3)39-57(76)71(30-23-47-35-66-53-20-12-9-17-50(47)53)42-58(77)68(27-5-2)41-59(78)69(38-54(73)63-26-31-80)28-21-45-33-64-51-18-10-7-15-48(45)51/h7-20,25,32-35,62,64-66,80H,4-6,21-24,26-31,36-43H2,1-3H3,(H,63,73). The lowest BCUT2D eigenvalue weighted by Gasteiger charge is -2.31. The quantitative estimate of drug-likeness (QED) is 0.0241. The van der Waals surface area contributed by atoms with Gasteiger partial charge in [0.15, 0.2) is 0 Å². The molecule has 0 saturated carbocycles. The van der Waals surface area contributed by atoms with Crippen molar-refractivity contribution < 1.29 is 33.6 Å². The average Bonchev–Trinajstić information content (AvgIpc) is 4.21. The van der Waals surface area contributed by atoms with E-state index in [-0.39, 0.29) is 70.7 Å². The van der Waals surface area contributed by atoms with Crippen LogP contribution in [-0.2, 0) is 59.4 Å². The Kier molecular flexibility index (Phi) is 22.7. The van der Waals surface area contributed by atoms with E-state index < -0.39 is 49.2 Å². The molecule has 0 aliphatic rings. The van der Waals surface area contributed by atoms with Crippen LogP contribution in [-0.4, -0.2) is 189 Å². The number of hydrogen-bond donors (Lipinski definition) is 6.